The van der Waals surface area contributed by atoms with Crippen molar-refractivity contribution in [2.45, 2.75) is 18.3 Å². The van der Waals surface area contributed by atoms with Crippen LogP contribution in [0.3, 0.4) is 0 Å². The zero-order chi connectivity index (χ0) is 18.6. The molecule has 3 rings (SSSR count). The van der Waals surface area contributed by atoms with Gasteiger partial charge in [-0.15, -0.1) is 0 Å². The Morgan fingerprint density at radius 3 is 2.28 bits per heavy atom. The number of halogens is 7. The Morgan fingerprint density at radius 1 is 1.00 bits per heavy atom. The molecule has 0 saturated carbocycles. The summed E-state index contributed by atoms with van der Waals surface area (Å²) >= 11 is 5.72. The Hall–Kier alpha value is -2.22. The molecule has 0 atom stereocenters. The molecule has 9 heteroatoms. The normalized spacial score (nSPS) is 17.7. The maximum Gasteiger partial charge on any atom is 0.376 e. The standard InChI is InChI=1S/C16H7ClF6O2/c17-7-2-1-3-8(6-7)25-10-5-4-9-11(12(10)14(18)19)13(24)16(22,23)15(9,20)21/h1-6,14H. The molecule has 0 radical (unpaired) electrons. The minimum atomic E-state index is -5.10. The monoisotopic (exact) mass is 380 g/mol. The van der Waals surface area contributed by atoms with Gasteiger partial charge in [0.25, 0.3) is 6.43 Å². The van der Waals surface area contributed by atoms with E-state index in [4.69, 9.17) is 16.3 Å². The molecule has 2 nitrogen and oxygen atoms in total. The predicted octanol–water partition coefficient (Wildman–Crippen LogP) is 5.99. The Bertz CT molecular complexity index is 866. The van der Waals surface area contributed by atoms with E-state index in [-0.39, 0.29) is 10.8 Å². The van der Waals surface area contributed by atoms with E-state index in [9.17, 15) is 31.1 Å². The number of benzene rings is 2. The quantitative estimate of drug-likeness (QED) is 0.611. The molecule has 0 spiro atoms. The number of hydrogen-bond donors (Lipinski definition) is 0. The molecule has 1 aliphatic rings. The summed E-state index contributed by atoms with van der Waals surface area (Å²) in [6, 6.07) is 6.66. The number of ether oxygens (including phenoxy) is 1. The number of carbonyl (C=O) groups excluding carboxylic acids is 1. The summed E-state index contributed by atoms with van der Waals surface area (Å²) in [6.45, 7) is 0. The van der Waals surface area contributed by atoms with Gasteiger partial charge in [-0.05, 0) is 30.3 Å². The van der Waals surface area contributed by atoms with E-state index >= 15 is 0 Å². The summed E-state index contributed by atoms with van der Waals surface area (Å²) in [6.07, 6.45) is -3.49. The SMILES string of the molecule is O=C1c2c(ccc(Oc3cccc(Cl)c3)c2C(F)F)C(F)(F)C1(F)F. The van der Waals surface area contributed by atoms with Gasteiger partial charge in [-0.25, -0.2) is 8.78 Å². The largest absolute Gasteiger partial charge is 0.457 e. The van der Waals surface area contributed by atoms with E-state index in [0.29, 0.717) is 12.1 Å². The minimum Gasteiger partial charge on any atom is -0.457 e. The number of rotatable bonds is 3. The van der Waals surface area contributed by atoms with Crippen molar-refractivity contribution in [3.8, 4) is 11.5 Å². The molecule has 0 unspecified atom stereocenters. The smallest absolute Gasteiger partial charge is 0.376 e. The fourth-order valence-corrected chi connectivity index (χ4v) is 2.72. The van der Waals surface area contributed by atoms with Crippen LogP contribution in [0.4, 0.5) is 26.3 Å². The average Bonchev–Trinajstić information content (AvgIpc) is 2.65. The van der Waals surface area contributed by atoms with Crippen molar-refractivity contribution in [1.82, 2.24) is 0 Å². The third-order valence-corrected chi connectivity index (χ3v) is 3.93. The van der Waals surface area contributed by atoms with E-state index in [1.165, 1.54) is 24.3 Å². The van der Waals surface area contributed by atoms with Crippen LogP contribution in [0.1, 0.15) is 27.9 Å². The first-order valence-electron chi connectivity index (χ1n) is 6.76. The van der Waals surface area contributed by atoms with Crippen molar-refractivity contribution in [1.29, 1.82) is 0 Å². The van der Waals surface area contributed by atoms with E-state index in [0.717, 1.165) is 0 Å². The van der Waals surface area contributed by atoms with Gasteiger partial charge in [0.05, 0.1) is 5.56 Å². The van der Waals surface area contributed by atoms with Gasteiger partial charge in [0, 0.05) is 16.1 Å². The third-order valence-electron chi connectivity index (χ3n) is 3.69. The highest BCUT2D eigenvalue weighted by molar-refractivity contribution is 6.30. The Kier molecular flexibility index (Phi) is 3.98. The minimum absolute atomic E-state index is 0.0293. The molecule has 0 aromatic heterocycles. The molecular formula is C16H7ClF6O2. The maximum atomic E-state index is 13.7. The van der Waals surface area contributed by atoms with Crippen LogP contribution in [0, 0.1) is 0 Å². The van der Waals surface area contributed by atoms with Crippen molar-refractivity contribution in [3.05, 3.63) is 58.1 Å². The summed E-state index contributed by atoms with van der Waals surface area (Å²) < 4.78 is 86.6. The Balaban J connectivity index is 2.19. The van der Waals surface area contributed by atoms with Crippen LogP contribution in [0.2, 0.25) is 5.02 Å². The molecule has 25 heavy (non-hydrogen) atoms. The van der Waals surface area contributed by atoms with Crippen LogP contribution in [0.5, 0.6) is 11.5 Å². The van der Waals surface area contributed by atoms with Gasteiger partial charge in [-0.2, -0.15) is 17.6 Å². The van der Waals surface area contributed by atoms with Crippen molar-refractivity contribution in [3.63, 3.8) is 0 Å². The lowest BCUT2D eigenvalue weighted by atomic mass is 10.0. The summed E-state index contributed by atoms with van der Waals surface area (Å²) in [5.74, 6) is -13.1. The highest BCUT2D eigenvalue weighted by Gasteiger charge is 2.70. The summed E-state index contributed by atoms with van der Waals surface area (Å²) in [7, 11) is 0. The molecule has 0 fully saturated rings. The summed E-state index contributed by atoms with van der Waals surface area (Å²) in [4.78, 5) is 11.7. The zero-order valence-corrected chi connectivity index (χ0v) is 12.8. The predicted molar refractivity (Wildman–Crippen MR) is 76.1 cm³/mol. The number of carbonyl (C=O) groups is 1. The van der Waals surface area contributed by atoms with Crippen molar-refractivity contribution in [2.24, 2.45) is 0 Å². The van der Waals surface area contributed by atoms with Crippen molar-refractivity contribution < 1.29 is 35.9 Å². The molecule has 0 amide bonds. The Labute approximate surface area is 142 Å². The second kappa shape index (κ2) is 5.66. The fourth-order valence-electron chi connectivity index (χ4n) is 2.54. The molecule has 0 aliphatic heterocycles. The van der Waals surface area contributed by atoms with Crippen molar-refractivity contribution in [2.75, 3.05) is 0 Å². The van der Waals surface area contributed by atoms with E-state index in [1.54, 1.807) is 0 Å². The first-order chi connectivity index (χ1) is 11.6. The van der Waals surface area contributed by atoms with Gasteiger partial charge in [0.15, 0.2) is 0 Å². The van der Waals surface area contributed by atoms with Crippen LogP contribution in [0.15, 0.2) is 36.4 Å². The average molecular weight is 381 g/mol. The first kappa shape index (κ1) is 17.6. The zero-order valence-electron chi connectivity index (χ0n) is 12.0. The van der Waals surface area contributed by atoms with E-state index in [2.05, 4.69) is 0 Å². The van der Waals surface area contributed by atoms with Gasteiger partial charge in [-0.3, -0.25) is 4.79 Å². The van der Waals surface area contributed by atoms with Crippen molar-refractivity contribution >= 4 is 17.4 Å². The highest BCUT2D eigenvalue weighted by atomic mass is 35.5. The number of fused-ring (bicyclic) bond motifs is 1. The number of hydrogen-bond acceptors (Lipinski definition) is 2. The lowest BCUT2D eigenvalue weighted by Crippen LogP contribution is -2.38. The van der Waals surface area contributed by atoms with Gasteiger partial charge >= 0.3 is 11.8 Å². The number of ketones is 1. The molecule has 1 aliphatic carbocycles. The second-order valence-corrected chi connectivity index (χ2v) is 5.67. The van der Waals surface area contributed by atoms with Gasteiger partial charge in [0.1, 0.15) is 11.5 Å². The molecular weight excluding hydrogens is 374 g/mol. The molecule has 2 aromatic rings. The molecule has 0 N–H and O–H groups in total. The first-order valence-corrected chi connectivity index (χ1v) is 7.14. The summed E-state index contributed by atoms with van der Waals surface area (Å²) in [5.41, 5.74) is -4.17. The molecule has 0 bridgehead atoms. The lowest BCUT2D eigenvalue weighted by molar-refractivity contribution is -0.176. The second-order valence-electron chi connectivity index (χ2n) is 5.24. The third kappa shape index (κ3) is 2.55. The molecule has 132 valence electrons. The van der Waals surface area contributed by atoms with Crippen LogP contribution < -0.4 is 4.74 Å². The number of Topliss-reactive ketones (excluding diaryl/α,β-unsaturated/α-hetero) is 1. The molecule has 0 heterocycles. The van der Waals surface area contributed by atoms with Gasteiger partial charge in [0.2, 0.25) is 5.78 Å². The maximum absolute atomic E-state index is 13.7. The van der Waals surface area contributed by atoms with E-state index in [1.807, 2.05) is 0 Å². The fraction of sp³-hybridized carbons (Fsp3) is 0.188. The van der Waals surface area contributed by atoms with Crippen LogP contribution >= 0.6 is 11.6 Å². The van der Waals surface area contributed by atoms with Crippen LogP contribution in [0.25, 0.3) is 0 Å². The van der Waals surface area contributed by atoms with Gasteiger partial charge in [-0.1, -0.05) is 17.7 Å². The molecule has 2 aromatic carbocycles. The van der Waals surface area contributed by atoms with Crippen LogP contribution in [-0.4, -0.2) is 11.7 Å². The summed E-state index contributed by atoms with van der Waals surface area (Å²) in [5, 5.41) is 0.200. The number of alkyl halides is 6. The topological polar surface area (TPSA) is 26.3 Å². The van der Waals surface area contributed by atoms with E-state index < -0.39 is 46.5 Å². The van der Waals surface area contributed by atoms with Crippen LogP contribution in [-0.2, 0) is 5.92 Å². The Morgan fingerprint density at radius 2 is 1.68 bits per heavy atom. The highest BCUT2D eigenvalue weighted by Crippen LogP contribution is 2.55. The lowest BCUT2D eigenvalue weighted by Gasteiger charge is -2.17. The molecule has 0 saturated heterocycles. The van der Waals surface area contributed by atoms with Gasteiger partial charge < -0.3 is 4.74 Å².